The fourth-order valence-corrected chi connectivity index (χ4v) is 6.38. The molecule has 0 amide bonds. The van der Waals surface area contributed by atoms with Crippen molar-refractivity contribution in [1.82, 2.24) is 4.90 Å². The van der Waals surface area contributed by atoms with Crippen molar-refractivity contribution in [3.8, 4) is 0 Å². The number of sulfone groups is 1. The number of ether oxygens (including phenoxy) is 1. The van der Waals surface area contributed by atoms with Crippen LogP contribution in [0.4, 0.5) is 0 Å². The smallest absolute Gasteiger partial charge is 0.175 e. The fourth-order valence-electron chi connectivity index (χ4n) is 4.27. The van der Waals surface area contributed by atoms with Crippen molar-refractivity contribution in [2.24, 2.45) is 0 Å². The number of halogens is 1. The van der Waals surface area contributed by atoms with Gasteiger partial charge in [0.05, 0.1) is 15.8 Å². The Morgan fingerprint density at radius 1 is 1.36 bits per heavy atom. The Kier molecular flexibility index (Phi) is 5.35. The third-order valence-corrected chi connectivity index (χ3v) is 8.40. The minimum absolute atomic E-state index is 0.285. The second kappa shape index (κ2) is 7.38. The average molecular weight is 442 g/mol. The Morgan fingerprint density at radius 3 is 2.71 bits per heavy atom. The largest absolute Gasteiger partial charge is 0.386 e. The quantitative estimate of drug-likeness (QED) is 0.785. The topological polar surface area (TPSA) is 66.8 Å². The fraction of sp³-hybridized carbons (Fsp3) is 0.500. The Morgan fingerprint density at radius 2 is 2.07 bits per heavy atom. The summed E-state index contributed by atoms with van der Waals surface area (Å²) in [6, 6.07) is 9.28. The molecule has 2 aliphatic heterocycles. The summed E-state index contributed by atoms with van der Waals surface area (Å²) in [5.41, 5.74) is 1.64. The van der Waals surface area contributed by atoms with Crippen molar-refractivity contribution in [3.05, 3.63) is 50.7 Å². The van der Waals surface area contributed by atoms with E-state index < -0.39 is 15.9 Å². The summed E-state index contributed by atoms with van der Waals surface area (Å²) in [5, 5.41) is 10.3. The Labute approximate surface area is 174 Å². The maximum atomic E-state index is 11.6. The highest BCUT2D eigenvalue weighted by atomic mass is 35.5. The van der Waals surface area contributed by atoms with Gasteiger partial charge in [-0.3, -0.25) is 4.90 Å². The first kappa shape index (κ1) is 20.3. The van der Waals surface area contributed by atoms with E-state index in [0.29, 0.717) is 15.8 Å². The highest BCUT2D eigenvalue weighted by Crippen LogP contribution is 2.50. The zero-order chi connectivity index (χ0) is 20.1. The number of piperidine rings is 1. The lowest BCUT2D eigenvalue weighted by Gasteiger charge is -2.47. The van der Waals surface area contributed by atoms with Crippen LogP contribution in [-0.4, -0.2) is 43.9 Å². The molecule has 1 fully saturated rings. The maximum absolute atomic E-state index is 11.6. The first-order valence-corrected chi connectivity index (χ1v) is 12.4. The van der Waals surface area contributed by atoms with E-state index >= 15 is 0 Å². The number of nitrogens with zero attached hydrogens (tertiary/aromatic N) is 1. The molecular weight excluding hydrogens is 418 g/mol. The van der Waals surface area contributed by atoms with Crippen LogP contribution in [0.2, 0.25) is 4.34 Å². The average Bonchev–Trinajstić information content (AvgIpc) is 3.04. The second-order valence-electron chi connectivity index (χ2n) is 7.85. The molecule has 2 aromatic rings. The molecule has 0 aliphatic carbocycles. The molecule has 8 heteroatoms. The van der Waals surface area contributed by atoms with Crippen molar-refractivity contribution in [2.75, 3.05) is 19.4 Å². The van der Waals surface area contributed by atoms with Crippen LogP contribution in [0, 0.1) is 0 Å². The van der Waals surface area contributed by atoms with Gasteiger partial charge in [0.15, 0.2) is 9.84 Å². The highest BCUT2D eigenvalue weighted by Gasteiger charge is 2.46. The molecule has 4 rings (SSSR count). The van der Waals surface area contributed by atoms with Crippen LogP contribution in [0.15, 0.2) is 35.2 Å². The standard InChI is InChI=1S/C20H24ClNO4S2/c1-13-10-20(19-16(9-18(21)27-19)17(23)12-26-20)7-8-22(13)11-14-3-5-15(6-4-14)28(2,24)25/h3-6,9,13,17,23H,7-8,10-12H2,1-2H3/t13-,17-,20+/m0/s1. The predicted molar refractivity (Wildman–Crippen MR) is 111 cm³/mol. The number of hydrogen-bond acceptors (Lipinski definition) is 6. The summed E-state index contributed by atoms with van der Waals surface area (Å²) in [6.07, 6.45) is 2.30. The van der Waals surface area contributed by atoms with E-state index in [-0.39, 0.29) is 11.6 Å². The number of aliphatic hydroxyl groups excluding tert-OH is 1. The molecule has 0 bridgehead atoms. The van der Waals surface area contributed by atoms with Crippen LogP contribution in [0.25, 0.3) is 0 Å². The molecule has 1 aromatic heterocycles. The first-order valence-electron chi connectivity index (χ1n) is 9.33. The van der Waals surface area contributed by atoms with Gasteiger partial charge < -0.3 is 9.84 Å². The monoisotopic (exact) mass is 441 g/mol. The maximum Gasteiger partial charge on any atom is 0.175 e. The molecule has 1 N–H and O–H groups in total. The third-order valence-electron chi connectivity index (χ3n) is 5.81. The van der Waals surface area contributed by atoms with E-state index in [1.165, 1.54) is 17.6 Å². The number of aliphatic hydroxyl groups is 1. The summed E-state index contributed by atoms with van der Waals surface area (Å²) >= 11 is 7.75. The van der Waals surface area contributed by atoms with Gasteiger partial charge in [0.1, 0.15) is 11.7 Å². The molecule has 2 aliphatic rings. The second-order valence-corrected chi connectivity index (χ2v) is 11.5. The molecule has 0 saturated carbocycles. The lowest BCUT2D eigenvalue weighted by Crippen LogP contribution is -2.50. The van der Waals surface area contributed by atoms with E-state index in [9.17, 15) is 13.5 Å². The molecule has 3 atom stereocenters. The van der Waals surface area contributed by atoms with Gasteiger partial charge in [0.25, 0.3) is 0 Å². The van der Waals surface area contributed by atoms with Gasteiger partial charge in [0, 0.05) is 35.8 Å². The number of likely N-dealkylation sites (tertiary alicyclic amines) is 1. The Balaban J connectivity index is 1.50. The minimum Gasteiger partial charge on any atom is -0.386 e. The molecule has 0 unspecified atom stereocenters. The predicted octanol–water partition coefficient (Wildman–Crippen LogP) is 3.75. The summed E-state index contributed by atoms with van der Waals surface area (Å²) < 4.78 is 30.1. The Bertz CT molecular complexity index is 973. The molecule has 5 nitrogen and oxygen atoms in total. The minimum atomic E-state index is -3.17. The molecule has 0 radical (unpaired) electrons. The third kappa shape index (κ3) is 3.76. The van der Waals surface area contributed by atoms with Gasteiger partial charge in [-0.05, 0) is 43.5 Å². The van der Waals surface area contributed by atoms with Crippen LogP contribution in [0.3, 0.4) is 0 Å². The Hall–Kier alpha value is -0.960. The van der Waals surface area contributed by atoms with Gasteiger partial charge in [-0.1, -0.05) is 23.7 Å². The van der Waals surface area contributed by atoms with Crippen molar-refractivity contribution in [3.63, 3.8) is 0 Å². The van der Waals surface area contributed by atoms with E-state index in [1.54, 1.807) is 12.1 Å². The number of benzene rings is 1. The zero-order valence-electron chi connectivity index (χ0n) is 15.9. The molecule has 1 spiro atoms. The lowest BCUT2D eigenvalue weighted by atomic mass is 9.81. The highest BCUT2D eigenvalue weighted by molar-refractivity contribution is 7.90. The zero-order valence-corrected chi connectivity index (χ0v) is 18.3. The molecular formula is C20H24ClNO4S2. The normalized spacial score (nSPS) is 28.4. The molecule has 1 saturated heterocycles. The molecule has 3 heterocycles. The van der Waals surface area contributed by atoms with Crippen molar-refractivity contribution >= 4 is 32.8 Å². The number of fused-ring (bicyclic) bond motifs is 2. The molecule has 1 aromatic carbocycles. The van der Waals surface area contributed by atoms with E-state index in [0.717, 1.165) is 41.9 Å². The van der Waals surface area contributed by atoms with Gasteiger partial charge >= 0.3 is 0 Å². The summed E-state index contributed by atoms with van der Waals surface area (Å²) in [7, 11) is -3.17. The van der Waals surface area contributed by atoms with Crippen molar-refractivity contribution in [2.45, 2.75) is 49.0 Å². The van der Waals surface area contributed by atoms with Gasteiger partial charge in [-0.15, -0.1) is 11.3 Å². The van der Waals surface area contributed by atoms with Crippen LogP contribution < -0.4 is 0 Å². The van der Waals surface area contributed by atoms with Crippen LogP contribution in [-0.2, 0) is 26.7 Å². The number of rotatable bonds is 3. The number of hydrogen-bond donors (Lipinski definition) is 1. The summed E-state index contributed by atoms with van der Waals surface area (Å²) in [6.45, 7) is 4.12. The van der Waals surface area contributed by atoms with E-state index in [1.807, 2.05) is 18.2 Å². The lowest BCUT2D eigenvalue weighted by molar-refractivity contribution is -0.139. The SMILES string of the molecule is C[C@H]1C[C@@]2(CCN1Cc1ccc(S(C)(=O)=O)cc1)OC[C@H](O)c1cc(Cl)sc12. The van der Waals surface area contributed by atoms with E-state index in [2.05, 4.69) is 11.8 Å². The van der Waals surface area contributed by atoms with Gasteiger partial charge in [-0.2, -0.15) is 0 Å². The van der Waals surface area contributed by atoms with E-state index in [4.69, 9.17) is 16.3 Å². The molecule has 28 heavy (non-hydrogen) atoms. The van der Waals surface area contributed by atoms with Crippen LogP contribution >= 0.6 is 22.9 Å². The number of thiophene rings is 1. The van der Waals surface area contributed by atoms with Gasteiger partial charge in [0.2, 0.25) is 0 Å². The summed E-state index contributed by atoms with van der Waals surface area (Å²) in [4.78, 5) is 3.81. The van der Waals surface area contributed by atoms with Crippen LogP contribution in [0.1, 0.15) is 41.9 Å². The van der Waals surface area contributed by atoms with Crippen LogP contribution in [0.5, 0.6) is 0 Å². The molecule has 152 valence electrons. The van der Waals surface area contributed by atoms with Gasteiger partial charge in [-0.25, -0.2) is 8.42 Å². The summed E-state index contributed by atoms with van der Waals surface area (Å²) in [5.74, 6) is 0. The van der Waals surface area contributed by atoms with Crippen molar-refractivity contribution < 1.29 is 18.3 Å². The van der Waals surface area contributed by atoms with Crippen molar-refractivity contribution in [1.29, 1.82) is 0 Å². The first-order chi connectivity index (χ1) is 13.2.